The maximum atomic E-state index is 13.2. The Morgan fingerprint density at radius 3 is 2.29 bits per heavy atom. The van der Waals surface area contributed by atoms with Gasteiger partial charge < -0.3 is 10.0 Å². The van der Waals surface area contributed by atoms with Crippen LogP contribution in [-0.4, -0.2) is 28.4 Å². The minimum absolute atomic E-state index is 0.00890. The maximum absolute atomic E-state index is 13.2. The first-order valence-electron chi connectivity index (χ1n) is 5.96. The van der Waals surface area contributed by atoms with Gasteiger partial charge in [-0.2, -0.15) is 13.2 Å². The predicted octanol–water partition coefficient (Wildman–Crippen LogP) is 2.84. The fourth-order valence-electron chi connectivity index (χ4n) is 1.97. The molecule has 1 rings (SSSR count). The van der Waals surface area contributed by atoms with Gasteiger partial charge in [0.1, 0.15) is 5.82 Å². The van der Waals surface area contributed by atoms with Crippen LogP contribution in [-0.2, 0) is 15.8 Å². The first-order chi connectivity index (χ1) is 9.59. The number of carbonyl (C=O) groups is 2. The van der Waals surface area contributed by atoms with E-state index in [1.807, 2.05) is 0 Å². The van der Waals surface area contributed by atoms with Crippen LogP contribution in [0.1, 0.15) is 31.0 Å². The Labute approximate surface area is 118 Å². The molecule has 4 nitrogen and oxygen atoms in total. The predicted molar refractivity (Wildman–Crippen MR) is 64.8 cm³/mol. The van der Waals surface area contributed by atoms with Crippen molar-refractivity contribution in [1.29, 1.82) is 0 Å². The molecule has 0 aliphatic rings. The van der Waals surface area contributed by atoms with Gasteiger partial charge in [-0.05, 0) is 24.6 Å². The number of benzene rings is 1. The lowest BCUT2D eigenvalue weighted by Gasteiger charge is -2.27. The second kappa shape index (κ2) is 6.11. The molecule has 0 aromatic heterocycles. The molecule has 1 N–H and O–H groups in total. The molecular formula is C13H13F4NO3. The van der Waals surface area contributed by atoms with Crippen molar-refractivity contribution in [2.75, 3.05) is 6.54 Å². The van der Waals surface area contributed by atoms with Gasteiger partial charge in [-0.3, -0.25) is 4.79 Å². The summed E-state index contributed by atoms with van der Waals surface area (Å²) >= 11 is 0. The third kappa shape index (κ3) is 3.71. The van der Waals surface area contributed by atoms with Crippen LogP contribution in [0.5, 0.6) is 0 Å². The van der Waals surface area contributed by atoms with Crippen LogP contribution in [0.3, 0.4) is 0 Å². The minimum Gasteiger partial charge on any atom is -0.479 e. The van der Waals surface area contributed by atoms with Crippen molar-refractivity contribution in [3.63, 3.8) is 0 Å². The Hall–Kier alpha value is -2.12. The third-order valence-electron chi connectivity index (χ3n) is 2.90. The summed E-state index contributed by atoms with van der Waals surface area (Å²) in [6, 6.07) is 0.283. The third-order valence-corrected chi connectivity index (χ3v) is 2.90. The zero-order valence-corrected chi connectivity index (χ0v) is 11.2. The monoisotopic (exact) mass is 307 g/mol. The second-order valence-corrected chi connectivity index (χ2v) is 4.28. The minimum atomic E-state index is -4.95. The molecule has 21 heavy (non-hydrogen) atoms. The number of hydrogen-bond acceptors (Lipinski definition) is 2. The van der Waals surface area contributed by atoms with Gasteiger partial charge in [0.2, 0.25) is 5.91 Å². The van der Waals surface area contributed by atoms with Crippen LogP contribution >= 0.6 is 0 Å². The number of carbonyl (C=O) groups excluding carboxylic acids is 1. The topological polar surface area (TPSA) is 57.6 Å². The molecule has 1 aromatic rings. The Bertz CT molecular complexity index is 557. The normalized spacial score (nSPS) is 12.9. The van der Waals surface area contributed by atoms with Crippen LogP contribution in [0.15, 0.2) is 18.2 Å². The molecule has 116 valence electrons. The van der Waals surface area contributed by atoms with Crippen LogP contribution in [0, 0.1) is 5.82 Å². The number of aliphatic carboxylic acids is 1. The molecule has 1 aromatic carbocycles. The Morgan fingerprint density at radius 2 is 1.90 bits per heavy atom. The van der Waals surface area contributed by atoms with E-state index in [2.05, 4.69) is 0 Å². The first-order valence-corrected chi connectivity index (χ1v) is 5.96. The molecule has 1 unspecified atom stereocenters. The number of carboxylic acid groups (broad SMARTS) is 1. The highest BCUT2D eigenvalue weighted by Gasteiger charge is 2.36. The van der Waals surface area contributed by atoms with E-state index in [0.717, 1.165) is 17.9 Å². The molecule has 0 spiro atoms. The van der Waals surface area contributed by atoms with Gasteiger partial charge in [0, 0.05) is 13.5 Å². The van der Waals surface area contributed by atoms with E-state index in [9.17, 15) is 32.3 Å². The molecule has 0 heterocycles. The zero-order valence-electron chi connectivity index (χ0n) is 11.2. The number of nitrogens with zero attached hydrogens (tertiary/aromatic N) is 1. The number of likely N-dealkylation sites (N-methyl/N-ethyl adjacent to an activating group) is 1. The van der Waals surface area contributed by atoms with Gasteiger partial charge in [-0.15, -0.1) is 0 Å². The molecule has 0 fully saturated rings. The zero-order chi connectivity index (χ0) is 16.4. The lowest BCUT2D eigenvalue weighted by atomic mass is 10.0. The molecule has 0 saturated heterocycles. The van der Waals surface area contributed by atoms with Gasteiger partial charge in [0.15, 0.2) is 6.04 Å². The van der Waals surface area contributed by atoms with Crippen LogP contribution in [0.4, 0.5) is 17.6 Å². The van der Waals surface area contributed by atoms with E-state index in [-0.39, 0.29) is 12.1 Å². The van der Waals surface area contributed by atoms with Crippen molar-refractivity contribution in [2.45, 2.75) is 26.1 Å². The summed E-state index contributed by atoms with van der Waals surface area (Å²) in [6.45, 7) is 2.59. The van der Waals surface area contributed by atoms with Crippen molar-refractivity contribution in [1.82, 2.24) is 4.90 Å². The molecule has 0 aliphatic heterocycles. The average Bonchev–Trinajstić information content (AvgIpc) is 2.34. The molecule has 0 aliphatic carbocycles. The summed E-state index contributed by atoms with van der Waals surface area (Å²) in [4.78, 5) is 23.6. The summed E-state index contributed by atoms with van der Waals surface area (Å²) in [5.74, 6) is -3.60. The lowest BCUT2D eigenvalue weighted by molar-refractivity contribution is -0.150. The van der Waals surface area contributed by atoms with Gasteiger partial charge in [0.25, 0.3) is 0 Å². The lowest BCUT2D eigenvalue weighted by Crippen LogP contribution is -2.37. The SMILES string of the molecule is CCN(C(C)=O)C(C(=O)O)c1ccc(F)c(C(F)(F)F)c1. The summed E-state index contributed by atoms with van der Waals surface area (Å²) in [7, 11) is 0. The Morgan fingerprint density at radius 1 is 1.33 bits per heavy atom. The highest BCUT2D eigenvalue weighted by Crippen LogP contribution is 2.34. The van der Waals surface area contributed by atoms with Crippen molar-refractivity contribution in [2.24, 2.45) is 0 Å². The van der Waals surface area contributed by atoms with Gasteiger partial charge in [-0.1, -0.05) is 6.07 Å². The van der Waals surface area contributed by atoms with Crippen LogP contribution in [0.25, 0.3) is 0 Å². The van der Waals surface area contributed by atoms with E-state index in [1.54, 1.807) is 0 Å². The van der Waals surface area contributed by atoms with Crippen LogP contribution in [0.2, 0.25) is 0 Å². The summed E-state index contributed by atoms with van der Waals surface area (Å²) < 4.78 is 51.2. The fraction of sp³-hybridized carbons (Fsp3) is 0.385. The van der Waals surface area contributed by atoms with E-state index >= 15 is 0 Å². The summed E-state index contributed by atoms with van der Waals surface area (Å²) in [5.41, 5.74) is -1.88. The van der Waals surface area contributed by atoms with E-state index < -0.39 is 35.5 Å². The fourth-order valence-corrected chi connectivity index (χ4v) is 1.97. The van der Waals surface area contributed by atoms with E-state index in [1.165, 1.54) is 6.92 Å². The standard InChI is InChI=1S/C13H13F4NO3/c1-3-18(7(2)19)11(12(20)21)8-4-5-10(14)9(6-8)13(15,16)17/h4-6,11H,3H2,1-2H3,(H,20,21). The Balaban J connectivity index is 3.40. The smallest absolute Gasteiger partial charge is 0.419 e. The number of halogens is 4. The largest absolute Gasteiger partial charge is 0.479 e. The van der Waals surface area contributed by atoms with E-state index in [0.29, 0.717) is 12.1 Å². The first kappa shape index (κ1) is 16.9. The molecule has 8 heteroatoms. The highest BCUT2D eigenvalue weighted by atomic mass is 19.4. The van der Waals surface area contributed by atoms with Gasteiger partial charge in [0.05, 0.1) is 5.56 Å². The maximum Gasteiger partial charge on any atom is 0.419 e. The molecule has 1 amide bonds. The number of hydrogen-bond donors (Lipinski definition) is 1. The highest BCUT2D eigenvalue weighted by molar-refractivity contribution is 5.83. The number of alkyl halides is 3. The molecular weight excluding hydrogens is 294 g/mol. The van der Waals surface area contributed by atoms with E-state index in [4.69, 9.17) is 0 Å². The molecule has 0 saturated carbocycles. The second-order valence-electron chi connectivity index (χ2n) is 4.28. The summed E-state index contributed by atoms with van der Waals surface area (Å²) in [5, 5.41) is 9.17. The molecule has 0 radical (unpaired) electrons. The van der Waals surface area contributed by atoms with Crippen molar-refractivity contribution >= 4 is 11.9 Å². The van der Waals surface area contributed by atoms with Gasteiger partial charge >= 0.3 is 12.1 Å². The number of rotatable bonds is 4. The molecule has 1 atom stereocenters. The van der Waals surface area contributed by atoms with Crippen LogP contribution < -0.4 is 0 Å². The van der Waals surface area contributed by atoms with Gasteiger partial charge in [-0.25, -0.2) is 9.18 Å². The van der Waals surface area contributed by atoms with Crippen molar-refractivity contribution < 1.29 is 32.3 Å². The van der Waals surface area contributed by atoms with Crippen molar-refractivity contribution in [3.8, 4) is 0 Å². The quantitative estimate of drug-likeness (QED) is 0.870. The average molecular weight is 307 g/mol. The Kier molecular flexibility index (Phi) is 4.93. The van der Waals surface area contributed by atoms with Crippen molar-refractivity contribution in [3.05, 3.63) is 35.1 Å². The summed E-state index contributed by atoms with van der Waals surface area (Å²) in [6.07, 6.45) is -4.95. The number of carboxylic acids is 1. The molecule has 0 bridgehead atoms. The number of amides is 1.